The van der Waals surface area contributed by atoms with Crippen LogP contribution in [0.15, 0.2) is 42.5 Å². The second kappa shape index (κ2) is 10.2. The van der Waals surface area contributed by atoms with Crippen LogP contribution in [0, 0.1) is 4.77 Å². The van der Waals surface area contributed by atoms with Gasteiger partial charge >= 0.3 is 0 Å². The molecule has 0 bridgehead atoms. The van der Waals surface area contributed by atoms with Crippen molar-refractivity contribution < 1.29 is 14.3 Å². The third-order valence-corrected chi connectivity index (χ3v) is 5.82. The summed E-state index contributed by atoms with van der Waals surface area (Å²) in [5.74, 6) is 1.98. The molecule has 0 aliphatic carbocycles. The van der Waals surface area contributed by atoms with E-state index in [0.29, 0.717) is 46.7 Å². The summed E-state index contributed by atoms with van der Waals surface area (Å²) in [5, 5.41) is 8.29. The predicted octanol–water partition coefficient (Wildman–Crippen LogP) is 5.33. The van der Waals surface area contributed by atoms with E-state index in [9.17, 15) is 4.79 Å². The predicted molar refractivity (Wildman–Crippen MR) is 127 cm³/mol. The molecule has 1 aliphatic heterocycles. The standard InChI is InChI=1S/C23H25ClN4O3S/c1-2-3-11-27-22(16-4-6-17(24)7-5-16)26-28(23(27)32)12-10-21(29)25-18-8-9-19-20(15-18)31-14-13-30-19/h4-9,15H,2-3,10-14H2,1H3,(H,25,29). The Morgan fingerprint density at radius 3 is 2.62 bits per heavy atom. The minimum atomic E-state index is -0.125. The van der Waals surface area contributed by atoms with E-state index < -0.39 is 0 Å². The van der Waals surface area contributed by atoms with Crippen LogP contribution < -0.4 is 14.8 Å². The molecule has 32 heavy (non-hydrogen) atoms. The van der Waals surface area contributed by atoms with E-state index in [-0.39, 0.29) is 12.3 Å². The van der Waals surface area contributed by atoms with Crippen molar-refractivity contribution in [1.82, 2.24) is 14.3 Å². The van der Waals surface area contributed by atoms with E-state index in [1.165, 1.54) is 0 Å². The second-order valence-corrected chi connectivity index (χ2v) is 8.30. The molecule has 4 rings (SSSR count). The fraction of sp³-hybridized carbons (Fsp3) is 0.348. The number of rotatable bonds is 8. The van der Waals surface area contributed by atoms with Gasteiger partial charge in [-0.15, -0.1) is 0 Å². The first-order chi connectivity index (χ1) is 15.5. The lowest BCUT2D eigenvalue weighted by molar-refractivity contribution is -0.116. The number of benzene rings is 2. The number of fused-ring (bicyclic) bond motifs is 1. The fourth-order valence-corrected chi connectivity index (χ4v) is 3.90. The number of hydrogen-bond acceptors (Lipinski definition) is 5. The van der Waals surface area contributed by atoms with Gasteiger partial charge in [-0.1, -0.05) is 24.9 Å². The third-order valence-electron chi connectivity index (χ3n) is 5.14. The van der Waals surface area contributed by atoms with Gasteiger partial charge in [0, 0.05) is 35.3 Å². The van der Waals surface area contributed by atoms with Crippen molar-refractivity contribution in [2.24, 2.45) is 0 Å². The van der Waals surface area contributed by atoms with Crippen molar-refractivity contribution in [2.45, 2.75) is 39.3 Å². The molecular formula is C23H25ClN4O3S. The molecule has 1 N–H and O–H groups in total. The number of nitrogens with zero attached hydrogens (tertiary/aromatic N) is 3. The molecule has 0 atom stereocenters. The summed E-state index contributed by atoms with van der Waals surface area (Å²) in [6.07, 6.45) is 2.28. The summed E-state index contributed by atoms with van der Waals surface area (Å²) in [4.78, 5) is 12.6. The number of hydrogen-bond donors (Lipinski definition) is 1. The number of nitrogens with one attached hydrogen (secondary N) is 1. The van der Waals surface area contributed by atoms with Gasteiger partial charge in [0.25, 0.3) is 0 Å². The number of carbonyl (C=O) groups is 1. The van der Waals surface area contributed by atoms with Crippen LogP contribution in [-0.4, -0.2) is 33.5 Å². The van der Waals surface area contributed by atoms with E-state index in [1.54, 1.807) is 22.9 Å². The Kier molecular flexibility index (Phi) is 7.12. The highest BCUT2D eigenvalue weighted by Gasteiger charge is 2.15. The number of anilines is 1. The Hall–Kier alpha value is -2.84. The van der Waals surface area contributed by atoms with Crippen LogP contribution in [0.5, 0.6) is 11.5 Å². The molecule has 1 amide bonds. The van der Waals surface area contributed by atoms with Crippen molar-refractivity contribution in [1.29, 1.82) is 0 Å². The van der Waals surface area contributed by atoms with Crippen molar-refractivity contribution in [3.05, 3.63) is 52.3 Å². The first kappa shape index (κ1) is 22.4. The molecule has 0 spiro atoms. The zero-order valence-electron chi connectivity index (χ0n) is 17.8. The quantitative estimate of drug-likeness (QED) is 0.448. The lowest BCUT2D eigenvalue weighted by Crippen LogP contribution is -2.17. The molecule has 2 aromatic carbocycles. The van der Waals surface area contributed by atoms with Crippen LogP contribution in [0.4, 0.5) is 5.69 Å². The summed E-state index contributed by atoms with van der Waals surface area (Å²) in [6.45, 7) is 4.32. The Morgan fingerprint density at radius 2 is 1.88 bits per heavy atom. The summed E-state index contributed by atoms with van der Waals surface area (Å²) in [7, 11) is 0. The van der Waals surface area contributed by atoms with Gasteiger partial charge in [-0.3, -0.25) is 9.36 Å². The van der Waals surface area contributed by atoms with Gasteiger partial charge in [0.05, 0.1) is 6.54 Å². The third kappa shape index (κ3) is 5.14. The number of unbranched alkanes of at least 4 members (excludes halogenated alkanes) is 1. The molecule has 3 aromatic rings. The molecule has 9 heteroatoms. The van der Waals surface area contributed by atoms with Crippen molar-refractivity contribution in [2.75, 3.05) is 18.5 Å². The van der Waals surface area contributed by atoms with Gasteiger partial charge in [-0.25, -0.2) is 4.68 Å². The maximum atomic E-state index is 12.6. The first-order valence-corrected chi connectivity index (χ1v) is 11.5. The van der Waals surface area contributed by atoms with E-state index in [1.807, 2.05) is 28.8 Å². The SMILES string of the molecule is CCCCn1c(-c2ccc(Cl)cc2)nn(CCC(=O)Nc2ccc3c(c2)OCCO3)c1=S. The minimum absolute atomic E-state index is 0.125. The van der Waals surface area contributed by atoms with E-state index in [4.69, 9.17) is 38.4 Å². The number of ether oxygens (including phenoxy) is 2. The van der Waals surface area contributed by atoms with E-state index >= 15 is 0 Å². The largest absolute Gasteiger partial charge is 0.486 e. The molecule has 1 aromatic heterocycles. The van der Waals surface area contributed by atoms with Crippen LogP contribution in [-0.2, 0) is 17.9 Å². The van der Waals surface area contributed by atoms with E-state index in [0.717, 1.165) is 30.8 Å². The highest BCUT2D eigenvalue weighted by Crippen LogP contribution is 2.32. The minimum Gasteiger partial charge on any atom is -0.486 e. The summed E-state index contributed by atoms with van der Waals surface area (Å²) in [5.41, 5.74) is 1.61. The number of aromatic nitrogens is 3. The van der Waals surface area contributed by atoms with Crippen LogP contribution in [0.2, 0.25) is 5.02 Å². The molecule has 1 aliphatic rings. The van der Waals surface area contributed by atoms with Crippen LogP contribution >= 0.6 is 23.8 Å². The number of amides is 1. The van der Waals surface area contributed by atoms with Crippen molar-refractivity contribution >= 4 is 35.4 Å². The Balaban J connectivity index is 1.47. The average molecular weight is 473 g/mol. The van der Waals surface area contributed by atoms with Gasteiger partial charge < -0.3 is 14.8 Å². The molecule has 7 nitrogen and oxygen atoms in total. The zero-order valence-corrected chi connectivity index (χ0v) is 19.4. The van der Waals surface area contributed by atoms with Gasteiger partial charge in [0.1, 0.15) is 13.2 Å². The summed E-state index contributed by atoms with van der Waals surface area (Å²) >= 11 is 11.7. The number of aryl methyl sites for hydroxylation is 1. The van der Waals surface area contributed by atoms with Gasteiger partial charge in [0.2, 0.25) is 5.91 Å². The normalized spacial score (nSPS) is 12.6. The summed E-state index contributed by atoms with van der Waals surface area (Å²) < 4.78 is 15.4. The first-order valence-electron chi connectivity index (χ1n) is 10.7. The smallest absolute Gasteiger partial charge is 0.226 e. The molecule has 0 saturated heterocycles. The highest BCUT2D eigenvalue weighted by atomic mass is 35.5. The molecule has 0 unspecified atom stereocenters. The van der Waals surface area contributed by atoms with Crippen LogP contribution in [0.3, 0.4) is 0 Å². The fourth-order valence-electron chi connectivity index (χ4n) is 3.47. The van der Waals surface area contributed by atoms with Crippen LogP contribution in [0.25, 0.3) is 11.4 Å². The molecule has 0 saturated carbocycles. The van der Waals surface area contributed by atoms with Crippen molar-refractivity contribution in [3.63, 3.8) is 0 Å². The number of carbonyl (C=O) groups excluding carboxylic acids is 1. The van der Waals surface area contributed by atoms with Gasteiger partial charge in [-0.2, -0.15) is 5.10 Å². The Bertz CT molecular complexity index is 1160. The highest BCUT2D eigenvalue weighted by molar-refractivity contribution is 7.71. The zero-order chi connectivity index (χ0) is 22.5. The van der Waals surface area contributed by atoms with Gasteiger partial charge in [0.15, 0.2) is 22.1 Å². The molecule has 168 valence electrons. The maximum absolute atomic E-state index is 12.6. The Labute approximate surface area is 196 Å². The average Bonchev–Trinajstić information content (AvgIpc) is 3.12. The lowest BCUT2D eigenvalue weighted by atomic mass is 10.2. The molecule has 0 radical (unpaired) electrons. The second-order valence-electron chi connectivity index (χ2n) is 7.50. The molecule has 2 heterocycles. The van der Waals surface area contributed by atoms with Crippen LogP contribution in [0.1, 0.15) is 26.2 Å². The topological polar surface area (TPSA) is 70.3 Å². The lowest BCUT2D eigenvalue weighted by Gasteiger charge is -2.19. The Morgan fingerprint density at radius 1 is 1.12 bits per heavy atom. The molecule has 0 fully saturated rings. The molecular weight excluding hydrogens is 448 g/mol. The monoisotopic (exact) mass is 472 g/mol. The maximum Gasteiger partial charge on any atom is 0.226 e. The summed E-state index contributed by atoms with van der Waals surface area (Å²) in [6, 6.07) is 12.9. The van der Waals surface area contributed by atoms with Crippen molar-refractivity contribution in [3.8, 4) is 22.9 Å². The van der Waals surface area contributed by atoms with Gasteiger partial charge in [-0.05, 0) is 55.0 Å². The van der Waals surface area contributed by atoms with E-state index in [2.05, 4.69) is 12.2 Å². The number of halogens is 1.